The van der Waals surface area contributed by atoms with Gasteiger partial charge in [0.2, 0.25) is 0 Å². The second-order valence-electron chi connectivity index (χ2n) is 4.95. The molecule has 1 atom stereocenters. The molecule has 1 unspecified atom stereocenters. The Morgan fingerprint density at radius 3 is 2.62 bits per heavy atom. The minimum atomic E-state index is -1.91. The number of Topliss-reactive ketones (excluding diaryl/α,β-unsaturated/α-hetero) is 1. The SMILES string of the molecule is CCOC(=O)CN1C(=O)C(O)(CC(C)=O)c2ccccc21. The van der Waals surface area contributed by atoms with Crippen LogP contribution in [0.4, 0.5) is 5.69 Å². The highest BCUT2D eigenvalue weighted by Crippen LogP contribution is 2.42. The van der Waals surface area contributed by atoms with E-state index < -0.39 is 17.5 Å². The first-order valence-electron chi connectivity index (χ1n) is 6.69. The van der Waals surface area contributed by atoms with E-state index in [0.717, 1.165) is 4.90 Å². The molecule has 0 aromatic heterocycles. The van der Waals surface area contributed by atoms with Crippen molar-refractivity contribution in [3.8, 4) is 0 Å². The minimum absolute atomic E-state index is 0.209. The first-order valence-corrected chi connectivity index (χ1v) is 6.69. The van der Waals surface area contributed by atoms with Crippen LogP contribution in [0.15, 0.2) is 24.3 Å². The Labute approximate surface area is 122 Å². The van der Waals surface area contributed by atoms with Gasteiger partial charge >= 0.3 is 5.97 Å². The van der Waals surface area contributed by atoms with E-state index in [2.05, 4.69) is 0 Å². The zero-order valence-electron chi connectivity index (χ0n) is 12.0. The summed E-state index contributed by atoms with van der Waals surface area (Å²) >= 11 is 0. The van der Waals surface area contributed by atoms with Gasteiger partial charge in [-0.1, -0.05) is 18.2 Å². The molecule has 0 radical (unpaired) electrons. The Morgan fingerprint density at radius 2 is 2.00 bits per heavy atom. The first kappa shape index (κ1) is 15.2. The zero-order chi connectivity index (χ0) is 15.6. The smallest absolute Gasteiger partial charge is 0.326 e. The lowest BCUT2D eigenvalue weighted by molar-refractivity contribution is -0.145. The molecule has 0 saturated heterocycles. The van der Waals surface area contributed by atoms with Crippen LogP contribution in [0.3, 0.4) is 0 Å². The van der Waals surface area contributed by atoms with Crippen LogP contribution in [0.1, 0.15) is 25.8 Å². The van der Waals surface area contributed by atoms with Gasteiger partial charge in [-0.05, 0) is 19.9 Å². The van der Waals surface area contributed by atoms with Crippen molar-refractivity contribution in [3.63, 3.8) is 0 Å². The molecule has 1 aliphatic heterocycles. The molecule has 6 heteroatoms. The third-order valence-electron chi connectivity index (χ3n) is 3.34. The largest absolute Gasteiger partial charge is 0.465 e. The number of ether oxygens (including phenoxy) is 1. The zero-order valence-corrected chi connectivity index (χ0v) is 12.0. The van der Waals surface area contributed by atoms with Gasteiger partial charge in [-0.2, -0.15) is 0 Å². The van der Waals surface area contributed by atoms with Crippen molar-refractivity contribution in [2.75, 3.05) is 18.1 Å². The lowest BCUT2D eigenvalue weighted by atomic mass is 9.90. The molecule has 0 saturated carbocycles. The number of nitrogens with zero attached hydrogens (tertiary/aromatic N) is 1. The Morgan fingerprint density at radius 1 is 1.33 bits per heavy atom. The molecule has 1 aromatic carbocycles. The second kappa shape index (κ2) is 5.65. The predicted molar refractivity (Wildman–Crippen MR) is 74.6 cm³/mol. The van der Waals surface area contributed by atoms with Gasteiger partial charge in [-0.3, -0.25) is 19.3 Å². The number of esters is 1. The van der Waals surface area contributed by atoms with Crippen molar-refractivity contribution in [1.29, 1.82) is 0 Å². The summed E-state index contributed by atoms with van der Waals surface area (Å²) in [6.45, 7) is 2.90. The summed E-state index contributed by atoms with van der Waals surface area (Å²) in [5.41, 5.74) is -1.14. The van der Waals surface area contributed by atoms with Gasteiger partial charge in [-0.15, -0.1) is 0 Å². The molecule has 6 nitrogen and oxygen atoms in total. The Balaban J connectivity index is 2.39. The van der Waals surface area contributed by atoms with Gasteiger partial charge in [-0.25, -0.2) is 0 Å². The van der Waals surface area contributed by atoms with E-state index in [-0.39, 0.29) is 25.4 Å². The topological polar surface area (TPSA) is 83.9 Å². The standard InChI is InChI=1S/C15H17NO5/c1-3-21-13(18)9-16-12-7-5-4-6-11(12)15(20,14(16)19)8-10(2)17/h4-7,20H,3,8-9H2,1-2H3. The maximum Gasteiger partial charge on any atom is 0.326 e. The number of aliphatic hydroxyl groups is 1. The highest BCUT2D eigenvalue weighted by molar-refractivity contribution is 6.10. The van der Waals surface area contributed by atoms with Gasteiger partial charge in [0.15, 0.2) is 5.60 Å². The average Bonchev–Trinajstić information content (AvgIpc) is 2.61. The van der Waals surface area contributed by atoms with E-state index in [4.69, 9.17) is 4.74 Å². The number of para-hydroxylation sites is 1. The highest BCUT2D eigenvalue weighted by Gasteiger charge is 2.50. The fraction of sp³-hybridized carbons (Fsp3) is 0.400. The quantitative estimate of drug-likeness (QED) is 0.810. The van der Waals surface area contributed by atoms with Gasteiger partial charge in [0.05, 0.1) is 12.3 Å². The molecule has 112 valence electrons. The van der Waals surface area contributed by atoms with Crippen LogP contribution in [-0.4, -0.2) is 35.9 Å². The number of carbonyl (C=O) groups excluding carboxylic acids is 3. The van der Waals surface area contributed by atoms with Crippen LogP contribution in [-0.2, 0) is 24.7 Å². The van der Waals surface area contributed by atoms with E-state index in [1.807, 2.05) is 0 Å². The molecule has 0 aliphatic carbocycles. The Kier molecular flexibility index (Phi) is 4.09. The maximum atomic E-state index is 12.5. The molecule has 1 N–H and O–H groups in total. The number of amides is 1. The number of hydrogen-bond acceptors (Lipinski definition) is 5. The molecule has 2 rings (SSSR count). The molecule has 0 spiro atoms. The molecular formula is C15H17NO5. The minimum Gasteiger partial charge on any atom is -0.465 e. The lowest BCUT2D eigenvalue weighted by Gasteiger charge is -2.21. The van der Waals surface area contributed by atoms with Crippen LogP contribution in [0, 0.1) is 0 Å². The number of ketones is 1. The van der Waals surface area contributed by atoms with E-state index in [0.29, 0.717) is 11.3 Å². The molecule has 0 bridgehead atoms. The van der Waals surface area contributed by atoms with Crippen molar-refractivity contribution in [1.82, 2.24) is 0 Å². The van der Waals surface area contributed by atoms with Crippen molar-refractivity contribution in [2.45, 2.75) is 25.9 Å². The molecule has 1 aromatic rings. The lowest BCUT2D eigenvalue weighted by Crippen LogP contribution is -2.43. The summed E-state index contributed by atoms with van der Waals surface area (Å²) in [6, 6.07) is 6.58. The number of hydrogen-bond donors (Lipinski definition) is 1. The normalized spacial score (nSPS) is 20.3. The molecule has 0 fully saturated rings. The summed E-state index contributed by atoms with van der Waals surface area (Å²) in [4.78, 5) is 36.6. The summed E-state index contributed by atoms with van der Waals surface area (Å²) < 4.78 is 4.84. The van der Waals surface area contributed by atoms with Gasteiger partial charge in [0.1, 0.15) is 12.3 Å². The van der Waals surface area contributed by atoms with Crippen LogP contribution in [0.25, 0.3) is 0 Å². The monoisotopic (exact) mass is 291 g/mol. The van der Waals surface area contributed by atoms with Gasteiger partial charge in [0, 0.05) is 12.0 Å². The van der Waals surface area contributed by atoms with Crippen LogP contribution >= 0.6 is 0 Å². The number of fused-ring (bicyclic) bond motifs is 1. The van der Waals surface area contributed by atoms with E-state index in [1.54, 1.807) is 31.2 Å². The fourth-order valence-corrected chi connectivity index (χ4v) is 2.53. The average molecular weight is 291 g/mol. The number of anilines is 1. The fourth-order valence-electron chi connectivity index (χ4n) is 2.53. The Bertz CT molecular complexity index is 597. The van der Waals surface area contributed by atoms with E-state index >= 15 is 0 Å². The number of rotatable bonds is 5. The summed E-state index contributed by atoms with van der Waals surface area (Å²) in [6.07, 6.45) is -0.317. The summed E-state index contributed by atoms with van der Waals surface area (Å²) in [5, 5.41) is 10.6. The van der Waals surface area contributed by atoms with Crippen molar-refractivity contribution >= 4 is 23.3 Å². The summed E-state index contributed by atoms with van der Waals surface area (Å²) in [5.74, 6) is -1.54. The van der Waals surface area contributed by atoms with Crippen LogP contribution in [0.5, 0.6) is 0 Å². The molecule has 1 amide bonds. The second-order valence-corrected chi connectivity index (χ2v) is 4.95. The van der Waals surface area contributed by atoms with Gasteiger partial charge < -0.3 is 9.84 Å². The molecular weight excluding hydrogens is 274 g/mol. The molecule has 1 aliphatic rings. The number of carbonyl (C=O) groups is 3. The first-order chi connectivity index (χ1) is 9.90. The van der Waals surface area contributed by atoms with E-state index in [9.17, 15) is 19.5 Å². The summed E-state index contributed by atoms with van der Waals surface area (Å²) in [7, 11) is 0. The van der Waals surface area contributed by atoms with Crippen LogP contribution < -0.4 is 4.90 Å². The van der Waals surface area contributed by atoms with Crippen LogP contribution in [0.2, 0.25) is 0 Å². The third-order valence-corrected chi connectivity index (χ3v) is 3.34. The van der Waals surface area contributed by atoms with Crippen molar-refractivity contribution < 1.29 is 24.2 Å². The maximum absolute atomic E-state index is 12.5. The predicted octanol–water partition coefficient (Wildman–Crippen LogP) is 0.763. The molecule has 1 heterocycles. The number of benzene rings is 1. The highest BCUT2D eigenvalue weighted by atomic mass is 16.5. The van der Waals surface area contributed by atoms with Crippen molar-refractivity contribution in [3.05, 3.63) is 29.8 Å². The third kappa shape index (κ3) is 2.67. The molecule has 21 heavy (non-hydrogen) atoms. The van der Waals surface area contributed by atoms with Crippen molar-refractivity contribution in [2.24, 2.45) is 0 Å². The Hall–Kier alpha value is -2.21. The van der Waals surface area contributed by atoms with E-state index in [1.165, 1.54) is 6.92 Å². The van der Waals surface area contributed by atoms with Gasteiger partial charge in [0.25, 0.3) is 5.91 Å².